The number of rotatable bonds is 4. The number of ether oxygens (including phenoxy) is 1. The van der Waals surface area contributed by atoms with Crippen molar-refractivity contribution in [1.82, 2.24) is 0 Å². The van der Waals surface area contributed by atoms with Gasteiger partial charge < -0.3 is 14.9 Å². The summed E-state index contributed by atoms with van der Waals surface area (Å²) in [6.45, 7) is 4.02. The summed E-state index contributed by atoms with van der Waals surface area (Å²) in [5.74, 6) is -0.196. The molecule has 0 aromatic heterocycles. The average molecular weight is 394 g/mol. The van der Waals surface area contributed by atoms with E-state index in [9.17, 15) is 15.0 Å². The Kier molecular flexibility index (Phi) is 4.81. The van der Waals surface area contributed by atoms with E-state index in [0.29, 0.717) is 19.3 Å². The molecule has 0 amide bonds. The van der Waals surface area contributed by atoms with Gasteiger partial charge in [0.1, 0.15) is 3.92 Å². The maximum absolute atomic E-state index is 11.8. The first kappa shape index (κ1) is 16.2. The predicted octanol–water partition coefficient (Wildman–Crippen LogP) is 2.36. The van der Waals surface area contributed by atoms with Crippen LogP contribution in [0.2, 0.25) is 0 Å². The minimum atomic E-state index is -0.866. The number of fused-ring (bicyclic) bond motifs is 2. The van der Waals surface area contributed by atoms with Crippen molar-refractivity contribution in [1.29, 1.82) is 0 Å². The van der Waals surface area contributed by atoms with Crippen molar-refractivity contribution < 1.29 is 19.7 Å². The van der Waals surface area contributed by atoms with Crippen LogP contribution in [0, 0.1) is 5.41 Å². The lowest BCUT2D eigenvalue weighted by molar-refractivity contribution is -0.150. The van der Waals surface area contributed by atoms with Crippen molar-refractivity contribution in [2.75, 3.05) is 6.61 Å². The van der Waals surface area contributed by atoms with Crippen LogP contribution in [0.25, 0.3) is 0 Å². The zero-order chi connectivity index (χ0) is 15.0. The zero-order valence-electron chi connectivity index (χ0n) is 12.1. The Morgan fingerprint density at radius 2 is 2.35 bits per heavy atom. The highest BCUT2D eigenvalue weighted by molar-refractivity contribution is 14.1. The van der Waals surface area contributed by atoms with E-state index < -0.39 is 11.7 Å². The normalized spacial score (nSPS) is 38.0. The molecular weight excluding hydrogens is 371 g/mol. The van der Waals surface area contributed by atoms with Crippen molar-refractivity contribution in [3.05, 3.63) is 11.6 Å². The van der Waals surface area contributed by atoms with Gasteiger partial charge in [-0.1, -0.05) is 41.2 Å². The smallest absolute Gasteiger partial charge is 0.318 e. The molecule has 0 radical (unpaired) electrons. The van der Waals surface area contributed by atoms with E-state index in [2.05, 4.69) is 22.6 Å². The van der Waals surface area contributed by atoms with Crippen LogP contribution in [-0.4, -0.2) is 38.4 Å². The summed E-state index contributed by atoms with van der Waals surface area (Å²) in [5.41, 5.74) is -0.0999. The highest BCUT2D eigenvalue weighted by atomic mass is 127. The molecular formula is C15H23IO4. The molecule has 0 saturated heterocycles. The molecule has 1 saturated carbocycles. The average Bonchev–Trinajstić information content (AvgIpc) is 2.31. The second-order valence-corrected chi connectivity index (χ2v) is 8.06. The molecule has 2 N–H and O–H groups in total. The molecule has 2 aliphatic rings. The fraction of sp³-hybridized carbons (Fsp3) is 0.800. The van der Waals surface area contributed by atoms with Crippen LogP contribution in [0.3, 0.4) is 0 Å². The molecule has 0 heterocycles. The SMILES string of the molecule is CCC(I)C(=O)OCC12CC(=CC(C)(O)C1)CC(O)C2. The van der Waals surface area contributed by atoms with Crippen molar-refractivity contribution >= 4 is 28.6 Å². The molecule has 0 aromatic carbocycles. The van der Waals surface area contributed by atoms with Gasteiger partial charge in [-0.2, -0.15) is 0 Å². The van der Waals surface area contributed by atoms with Gasteiger partial charge in [-0.15, -0.1) is 0 Å². The standard InChI is InChI=1S/C15H23IO4/c1-3-12(16)13(18)20-9-15-6-10(4-11(17)7-15)5-14(2,19)8-15/h5,11-12,17,19H,3-4,6-9H2,1-2H3. The second kappa shape index (κ2) is 5.93. The van der Waals surface area contributed by atoms with E-state index in [4.69, 9.17) is 4.74 Å². The monoisotopic (exact) mass is 394 g/mol. The number of carbonyl (C=O) groups is 1. The fourth-order valence-electron chi connectivity index (χ4n) is 3.64. The van der Waals surface area contributed by atoms with E-state index in [-0.39, 0.29) is 21.9 Å². The third-order valence-corrected chi connectivity index (χ3v) is 5.54. The Morgan fingerprint density at radius 1 is 1.65 bits per heavy atom. The summed E-state index contributed by atoms with van der Waals surface area (Å²) in [7, 11) is 0. The maximum atomic E-state index is 11.8. The van der Waals surface area contributed by atoms with Crippen LogP contribution in [0.4, 0.5) is 0 Å². The quantitative estimate of drug-likeness (QED) is 0.333. The van der Waals surface area contributed by atoms with Gasteiger partial charge >= 0.3 is 5.97 Å². The molecule has 20 heavy (non-hydrogen) atoms. The van der Waals surface area contributed by atoms with Gasteiger partial charge in [0, 0.05) is 5.41 Å². The summed E-state index contributed by atoms with van der Waals surface area (Å²) < 4.78 is 5.33. The largest absolute Gasteiger partial charge is 0.464 e. The topological polar surface area (TPSA) is 66.8 Å². The lowest BCUT2D eigenvalue weighted by Gasteiger charge is -2.47. The minimum absolute atomic E-state index is 0.128. The molecule has 2 bridgehead atoms. The lowest BCUT2D eigenvalue weighted by atomic mass is 9.62. The van der Waals surface area contributed by atoms with Gasteiger partial charge in [0.05, 0.1) is 18.3 Å². The van der Waals surface area contributed by atoms with Gasteiger partial charge in [0.15, 0.2) is 0 Å². The number of carbonyl (C=O) groups excluding carboxylic acids is 1. The molecule has 0 spiro atoms. The van der Waals surface area contributed by atoms with Crippen LogP contribution in [0.5, 0.6) is 0 Å². The van der Waals surface area contributed by atoms with Crippen LogP contribution in [0.15, 0.2) is 11.6 Å². The summed E-state index contributed by atoms with van der Waals surface area (Å²) in [5, 5.41) is 20.4. The van der Waals surface area contributed by atoms with Gasteiger partial charge in [-0.3, -0.25) is 4.79 Å². The summed E-state index contributed by atoms with van der Waals surface area (Å²) >= 11 is 2.09. The van der Waals surface area contributed by atoms with Gasteiger partial charge in [-0.05, 0) is 39.0 Å². The van der Waals surface area contributed by atoms with E-state index >= 15 is 0 Å². The van der Waals surface area contributed by atoms with Crippen molar-refractivity contribution in [3.8, 4) is 0 Å². The molecule has 4 atom stereocenters. The number of aliphatic hydroxyl groups is 2. The van der Waals surface area contributed by atoms with E-state index in [1.54, 1.807) is 6.92 Å². The third kappa shape index (κ3) is 3.74. The van der Waals surface area contributed by atoms with Crippen molar-refractivity contribution in [2.45, 2.75) is 61.6 Å². The van der Waals surface area contributed by atoms with Gasteiger partial charge in [0.2, 0.25) is 0 Å². The predicted molar refractivity (Wildman–Crippen MR) is 84.7 cm³/mol. The second-order valence-electron chi connectivity index (χ2n) is 6.56. The number of hydrogen-bond donors (Lipinski definition) is 2. The Balaban J connectivity index is 2.08. The van der Waals surface area contributed by atoms with Crippen LogP contribution in [-0.2, 0) is 9.53 Å². The Bertz CT molecular complexity index is 418. The summed E-state index contributed by atoms with van der Waals surface area (Å²) in [4.78, 5) is 11.8. The molecule has 2 rings (SSSR count). The first-order chi connectivity index (χ1) is 9.25. The summed E-state index contributed by atoms with van der Waals surface area (Å²) in [6, 6.07) is 0. The Hall–Kier alpha value is -0.140. The van der Waals surface area contributed by atoms with E-state index in [1.165, 1.54) is 0 Å². The minimum Gasteiger partial charge on any atom is -0.464 e. The lowest BCUT2D eigenvalue weighted by Crippen LogP contribution is -2.46. The summed E-state index contributed by atoms with van der Waals surface area (Å²) in [6.07, 6.45) is 4.77. The first-order valence-electron chi connectivity index (χ1n) is 7.17. The number of alkyl halides is 1. The van der Waals surface area contributed by atoms with Crippen LogP contribution < -0.4 is 0 Å². The molecule has 114 valence electrons. The Morgan fingerprint density at radius 3 is 3.00 bits per heavy atom. The van der Waals surface area contributed by atoms with Crippen LogP contribution in [0.1, 0.15) is 46.0 Å². The molecule has 1 fully saturated rings. The molecule has 0 aromatic rings. The third-order valence-electron chi connectivity index (χ3n) is 4.15. The van der Waals surface area contributed by atoms with Crippen LogP contribution >= 0.6 is 22.6 Å². The number of esters is 1. The highest BCUT2D eigenvalue weighted by Gasteiger charge is 2.46. The van der Waals surface area contributed by atoms with Gasteiger partial charge in [0.25, 0.3) is 0 Å². The maximum Gasteiger partial charge on any atom is 0.318 e. The number of aliphatic hydroxyl groups excluding tert-OH is 1. The molecule has 2 aliphatic carbocycles. The molecule has 0 aliphatic heterocycles. The number of hydrogen-bond acceptors (Lipinski definition) is 4. The van der Waals surface area contributed by atoms with Crippen molar-refractivity contribution in [2.24, 2.45) is 5.41 Å². The zero-order valence-corrected chi connectivity index (χ0v) is 14.2. The van der Waals surface area contributed by atoms with E-state index in [0.717, 1.165) is 18.4 Å². The van der Waals surface area contributed by atoms with E-state index in [1.807, 2.05) is 13.0 Å². The molecule has 4 unspecified atom stereocenters. The van der Waals surface area contributed by atoms with Crippen molar-refractivity contribution in [3.63, 3.8) is 0 Å². The first-order valence-corrected chi connectivity index (χ1v) is 8.42. The molecule has 4 nitrogen and oxygen atoms in total. The molecule has 5 heteroatoms. The van der Waals surface area contributed by atoms with Gasteiger partial charge in [-0.25, -0.2) is 0 Å². The fourth-order valence-corrected chi connectivity index (χ4v) is 3.82. The highest BCUT2D eigenvalue weighted by Crippen LogP contribution is 2.49. The number of halogens is 1. The Labute approximate surface area is 133 Å².